The minimum atomic E-state index is -0.242. The van der Waals surface area contributed by atoms with Crippen molar-refractivity contribution in [3.8, 4) is 10.4 Å². The number of aromatic nitrogens is 2. The summed E-state index contributed by atoms with van der Waals surface area (Å²) >= 11 is 1.60. The van der Waals surface area contributed by atoms with E-state index in [1.165, 1.54) is 12.1 Å². The number of rotatable bonds is 3. The molecule has 4 rings (SSSR count). The largest absolute Gasteiger partial charge is 0.366 e. The van der Waals surface area contributed by atoms with Crippen LogP contribution in [0.4, 0.5) is 10.2 Å². The Morgan fingerprint density at radius 1 is 1.23 bits per heavy atom. The highest BCUT2D eigenvalue weighted by molar-refractivity contribution is 7.22. The SMILES string of the molecule is CC(=O)N1CCC(Nc2ncnc3cc(-c4ccc(F)cc4)sc23)CC1. The first-order valence-electron chi connectivity index (χ1n) is 8.62. The highest BCUT2D eigenvalue weighted by Gasteiger charge is 2.22. The molecule has 0 bridgehead atoms. The molecule has 3 heterocycles. The maximum Gasteiger partial charge on any atom is 0.219 e. The van der Waals surface area contributed by atoms with Crippen molar-refractivity contribution in [2.45, 2.75) is 25.8 Å². The molecule has 0 atom stereocenters. The first-order valence-corrected chi connectivity index (χ1v) is 9.44. The van der Waals surface area contributed by atoms with Gasteiger partial charge < -0.3 is 10.2 Å². The van der Waals surface area contributed by atoms with Crippen LogP contribution in [0.2, 0.25) is 0 Å². The lowest BCUT2D eigenvalue weighted by Gasteiger charge is -2.31. The van der Waals surface area contributed by atoms with E-state index in [0.717, 1.165) is 52.4 Å². The number of benzene rings is 1. The lowest BCUT2D eigenvalue weighted by atomic mass is 10.1. The van der Waals surface area contributed by atoms with Crippen LogP contribution in [-0.2, 0) is 4.79 Å². The van der Waals surface area contributed by atoms with Gasteiger partial charge in [0, 0.05) is 30.9 Å². The van der Waals surface area contributed by atoms with E-state index in [4.69, 9.17) is 0 Å². The number of anilines is 1. The van der Waals surface area contributed by atoms with Crippen LogP contribution in [-0.4, -0.2) is 39.9 Å². The van der Waals surface area contributed by atoms with Gasteiger partial charge in [0.15, 0.2) is 0 Å². The molecule has 0 spiro atoms. The normalized spacial score (nSPS) is 15.4. The Hall–Kier alpha value is -2.54. The molecule has 0 radical (unpaired) electrons. The fraction of sp³-hybridized carbons (Fsp3) is 0.316. The van der Waals surface area contributed by atoms with Crippen molar-refractivity contribution in [2.24, 2.45) is 0 Å². The van der Waals surface area contributed by atoms with Gasteiger partial charge >= 0.3 is 0 Å². The number of nitrogens with zero attached hydrogens (tertiary/aromatic N) is 3. The van der Waals surface area contributed by atoms with E-state index in [2.05, 4.69) is 15.3 Å². The summed E-state index contributed by atoms with van der Waals surface area (Å²) in [6, 6.07) is 8.79. The average molecular weight is 370 g/mol. The van der Waals surface area contributed by atoms with Gasteiger partial charge in [-0.15, -0.1) is 11.3 Å². The molecule has 1 amide bonds. The van der Waals surface area contributed by atoms with Crippen molar-refractivity contribution < 1.29 is 9.18 Å². The number of fused-ring (bicyclic) bond motifs is 1. The third-order valence-electron chi connectivity index (χ3n) is 4.72. The summed E-state index contributed by atoms with van der Waals surface area (Å²) in [4.78, 5) is 23.2. The summed E-state index contributed by atoms with van der Waals surface area (Å²) in [5, 5.41) is 3.52. The lowest BCUT2D eigenvalue weighted by molar-refractivity contribution is -0.129. The molecule has 1 aliphatic rings. The molecule has 0 aliphatic carbocycles. The molecule has 26 heavy (non-hydrogen) atoms. The van der Waals surface area contributed by atoms with Crippen LogP contribution in [0.5, 0.6) is 0 Å². The second-order valence-electron chi connectivity index (χ2n) is 6.48. The van der Waals surface area contributed by atoms with Crippen molar-refractivity contribution in [1.29, 1.82) is 0 Å². The third-order valence-corrected chi connectivity index (χ3v) is 5.90. The average Bonchev–Trinajstić information content (AvgIpc) is 3.08. The van der Waals surface area contributed by atoms with Crippen molar-refractivity contribution in [3.63, 3.8) is 0 Å². The smallest absolute Gasteiger partial charge is 0.219 e. The van der Waals surface area contributed by atoms with Gasteiger partial charge in [-0.2, -0.15) is 0 Å². The molecule has 2 aromatic heterocycles. The van der Waals surface area contributed by atoms with Crippen LogP contribution >= 0.6 is 11.3 Å². The van der Waals surface area contributed by atoms with Gasteiger partial charge in [-0.3, -0.25) is 4.79 Å². The van der Waals surface area contributed by atoms with E-state index < -0.39 is 0 Å². The van der Waals surface area contributed by atoms with Gasteiger partial charge in [0.25, 0.3) is 0 Å². The number of likely N-dealkylation sites (tertiary alicyclic amines) is 1. The Kier molecular flexibility index (Phi) is 4.55. The monoisotopic (exact) mass is 370 g/mol. The standard InChI is InChI=1S/C19H19FN4OS/c1-12(25)24-8-6-15(7-9-24)23-19-18-16(21-11-22-19)10-17(26-18)13-2-4-14(20)5-3-13/h2-5,10-11,15H,6-9H2,1H3,(H,21,22,23). The highest BCUT2D eigenvalue weighted by atomic mass is 32.1. The summed E-state index contributed by atoms with van der Waals surface area (Å²) < 4.78 is 14.2. The molecule has 0 unspecified atom stereocenters. The summed E-state index contributed by atoms with van der Waals surface area (Å²) in [5.74, 6) is 0.721. The first kappa shape index (κ1) is 16.9. The van der Waals surface area contributed by atoms with Crippen LogP contribution in [0.25, 0.3) is 20.7 Å². The van der Waals surface area contributed by atoms with Gasteiger partial charge in [-0.25, -0.2) is 14.4 Å². The van der Waals surface area contributed by atoms with Crippen molar-refractivity contribution >= 4 is 33.3 Å². The Bertz CT molecular complexity index is 932. The molecule has 3 aromatic rings. The van der Waals surface area contributed by atoms with Gasteiger partial charge in [0.2, 0.25) is 5.91 Å². The van der Waals surface area contributed by atoms with Crippen LogP contribution in [0.3, 0.4) is 0 Å². The predicted octanol–water partition coefficient (Wildman–Crippen LogP) is 3.92. The van der Waals surface area contributed by atoms with Crippen LogP contribution < -0.4 is 5.32 Å². The Morgan fingerprint density at radius 2 is 1.96 bits per heavy atom. The lowest BCUT2D eigenvalue weighted by Crippen LogP contribution is -2.41. The summed E-state index contributed by atoms with van der Waals surface area (Å²) in [6.07, 6.45) is 3.37. The predicted molar refractivity (Wildman–Crippen MR) is 102 cm³/mol. The third kappa shape index (κ3) is 3.39. The number of thiophene rings is 1. The minimum Gasteiger partial charge on any atom is -0.366 e. The van der Waals surface area contributed by atoms with E-state index in [-0.39, 0.29) is 11.7 Å². The number of carbonyl (C=O) groups is 1. The van der Waals surface area contributed by atoms with Crippen molar-refractivity contribution in [3.05, 3.63) is 42.5 Å². The number of halogens is 1. The number of piperidine rings is 1. The summed E-state index contributed by atoms with van der Waals surface area (Å²) in [6.45, 7) is 3.16. The quantitative estimate of drug-likeness (QED) is 0.759. The van der Waals surface area contributed by atoms with Crippen molar-refractivity contribution in [1.82, 2.24) is 14.9 Å². The van der Waals surface area contributed by atoms with E-state index in [9.17, 15) is 9.18 Å². The molecule has 1 aliphatic heterocycles. The number of hydrogen-bond acceptors (Lipinski definition) is 5. The zero-order valence-corrected chi connectivity index (χ0v) is 15.2. The zero-order valence-electron chi connectivity index (χ0n) is 14.4. The number of nitrogens with one attached hydrogen (secondary N) is 1. The van der Waals surface area contributed by atoms with Gasteiger partial charge in [0.05, 0.1) is 10.2 Å². The van der Waals surface area contributed by atoms with E-state index >= 15 is 0 Å². The fourth-order valence-electron chi connectivity index (χ4n) is 3.25. The second kappa shape index (κ2) is 6.99. The van der Waals surface area contributed by atoms with Gasteiger partial charge in [0.1, 0.15) is 18.0 Å². The number of hydrogen-bond donors (Lipinski definition) is 1. The van der Waals surface area contributed by atoms with Crippen LogP contribution in [0.15, 0.2) is 36.7 Å². The first-order chi connectivity index (χ1) is 12.6. The number of amides is 1. The topological polar surface area (TPSA) is 58.1 Å². The highest BCUT2D eigenvalue weighted by Crippen LogP contribution is 2.36. The van der Waals surface area contributed by atoms with E-state index in [1.54, 1.807) is 36.7 Å². The zero-order chi connectivity index (χ0) is 18.1. The Morgan fingerprint density at radius 3 is 2.65 bits per heavy atom. The summed E-state index contributed by atoms with van der Waals surface area (Å²) in [7, 11) is 0. The van der Waals surface area contributed by atoms with Gasteiger partial charge in [-0.1, -0.05) is 12.1 Å². The molecule has 1 fully saturated rings. The van der Waals surface area contributed by atoms with Gasteiger partial charge in [-0.05, 0) is 36.6 Å². The molecule has 1 aromatic carbocycles. The van der Waals surface area contributed by atoms with Crippen molar-refractivity contribution in [2.75, 3.05) is 18.4 Å². The molecule has 5 nitrogen and oxygen atoms in total. The maximum atomic E-state index is 13.2. The molecule has 1 N–H and O–H groups in total. The molecule has 1 saturated heterocycles. The Labute approximate surface area is 154 Å². The second-order valence-corrected chi connectivity index (χ2v) is 7.53. The summed E-state index contributed by atoms with van der Waals surface area (Å²) in [5.41, 5.74) is 1.85. The fourth-order valence-corrected chi connectivity index (χ4v) is 4.31. The molecule has 0 saturated carbocycles. The maximum absolute atomic E-state index is 13.2. The molecular formula is C19H19FN4OS. The van der Waals surface area contributed by atoms with E-state index in [1.807, 2.05) is 11.0 Å². The molecule has 7 heteroatoms. The van der Waals surface area contributed by atoms with E-state index in [0.29, 0.717) is 6.04 Å². The minimum absolute atomic E-state index is 0.134. The molecular weight excluding hydrogens is 351 g/mol. The number of carbonyl (C=O) groups excluding carboxylic acids is 1. The van der Waals surface area contributed by atoms with Crippen LogP contribution in [0.1, 0.15) is 19.8 Å². The van der Waals surface area contributed by atoms with Crippen LogP contribution in [0, 0.1) is 5.82 Å². The Balaban J connectivity index is 1.56. The molecule has 134 valence electrons.